The Morgan fingerprint density at radius 1 is 1.34 bits per heavy atom. The highest BCUT2D eigenvalue weighted by atomic mass is 35.5. The van der Waals surface area contributed by atoms with Crippen LogP contribution in [0.15, 0.2) is 30.6 Å². The number of aromatic amines is 1. The van der Waals surface area contributed by atoms with Gasteiger partial charge in [0.1, 0.15) is 11.3 Å². The Morgan fingerprint density at radius 3 is 2.97 bits per heavy atom. The number of fused-ring (bicyclic) bond motifs is 1. The monoisotopic (exact) mass is 414 g/mol. The number of amides is 1. The second-order valence-electron chi connectivity index (χ2n) is 7.09. The summed E-state index contributed by atoms with van der Waals surface area (Å²) in [5.41, 5.74) is 2.44. The van der Waals surface area contributed by atoms with Crippen LogP contribution < -0.4 is 15.0 Å². The maximum Gasteiger partial charge on any atom is 0.226 e. The molecule has 3 aromatic rings. The molecule has 8 nitrogen and oxygen atoms in total. The van der Waals surface area contributed by atoms with Gasteiger partial charge >= 0.3 is 0 Å². The van der Waals surface area contributed by atoms with Crippen LogP contribution in [0.3, 0.4) is 0 Å². The van der Waals surface area contributed by atoms with E-state index in [1.807, 2.05) is 24.3 Å². The Labute approximate surface area is 173 Å². The number of hydrogen-bond acceptors (Lipinski definition) is 6. The summed E-state index contributed by atoms with van der Waals surface area (Å²) in [6.45, 7) is 2.01. The number of halogens is 1. The SMILES string of the molecule is COc1ccc(CCNC(=O)[C@@H]2CCCN(c3nc(Cl)nc4nc[nH]c34)C2)cc1. The van der Waals surface area contributed by atoms with Gasteiger partial charge in [0.15, 0.2) is 11.5 Å². The fourth-order valence-corrected chi connectivity index (χ4v) is 3.83. The van der Waals surface area contributed by atoms with Crippen LogP contribution in [0.1, 0.15) is 18.4 Å². The van der Waals surface area contributed by atoms with Gasteiger partial charge in [-0.3, -0.25) is 4.79 Å². The highest BCUT2D eigenvalue weighted by Gasteiger charge is 2.28. The molecule has 1 aromatic carbocycles. The second-order valence-corrected chi connectivity index (χ2v) is 7.43. The van der Waals surface area contributed by atoms with Gasteiger partial charge in [-0.15, -0.1) is 0 Å². The standard InChI is InChI=1S/C20H23ClN6O2/c1-29-15-6-4-13(5-7-15)8-9-22-19(28)14-3-2-10-27(11-14)18-16-17(24-12-23-16)25-20(21)26-18/h4-7,12,14H,2-3,8-11H2,1H3,(H,22,28)(H,23,24,25,26)/t14-/m1/s1. The number of imidazole rings is 1. The molecule has 3 heterocycles. The van der Waals surface area contributed by atoms with Gasteiger partial charge in [0.2, 0.25) is 11.2 Å². The van der Waals surface area contributed by atoms with E-state index in [1.54, 1.807) is 13.4 Å². The number of piperidine rings is 1. The minimum atomic E-state index is -0.0914. The Balaban J connectivity index is 1.36. The summed E-state index contributed by atoms with van der Waals surface area (Å²) in [6, 6.07) is 7.89. The molecule has 0 bridgehead atoms. The third kappa shape index (κ3) is 4.42. The number of methoxy groups -OCH3 is 1. The summed E-state index contributed by atoms with van der Waals surface area (Å²) >= 11 is 6.05. The summed E-state index contributed by atoms with van der Waals surface area (Å²) in [6.07, 6.45) is 4.12. The molecule has 1 saturated heterocycles. The molecule has 0 spiro atoms. The molecule has 1 amide bonds. The molecule has 1 aliphatic heterocycles. The van der Waals surface area contributed by atoms with Crippen molar-refractivity contribution >= 4 is 34.5 Å². The Morgan fingerprint density at radius 2 is 2.17 bits per heavy atom. The van der Waals surface area contributed by atoms with E-state index in [4.69, 9.17) is 16.3 Å². The van der Waals surface area contributed by atoms with Crippen molar-refractivity contribution in [2.75, 3.05) is 31.6 Å². The molecule has 0 saturated carbocycles. The first kappa shape index (κ1) is 19.4. The summed E-state index contributed by atoms with van der Waals surface area (Å²) in [5.74, 6) is 1.51. The fraction of sp³-hybridized carbons (Fsp3) is 0.400. The number of aromatic nitrogens is 4. The number of hydrogen-bond donors (Lipinski definition) is 2. The molecule has 0 radical (unpaired) electrons. The van der Waals surface area contributed by atoms with E-state index in [2.05, 4.69) is 30.2 Å². The van der Waals surface area contributed by atoms with Gasteiger partial charge in [0.25, 0.3) is 0 Å². The molecule has 152 valence electrons. The number of H-pyrrole nitrogens is 1. The molecular weight excluding hydrogens is 392 g/mol. The highest BCUT2D eigenvalue weighted by molar-refractivity contribution is 6.28. The van der Waals surface area contributed by atoms with Crippen LogP contribution in [0.4, 0.5) is 5.82 Å². The average Bonchev–Trinajstić information content (AvgIpc) is 3.22. The third-order valence-electron chi connectivity index (χ3n) is 5.20. The van der Waals surface area contributed by atoms with Gasteiger partial charge in [-0.1, -0.05) is 12.1 Å². The first-order valence-electron chi connectivity index (χ1n) is 9.66. The smallest absolute Gasteiger partial charge is 0.226 e. The number of benzene rings is 1. The molecule has 9 heteroatoms. The molecule has 1 fully saturated rings. The summed E-state index contributed by atoms with van der Waals surface area (Å²) in [4.78, 5) is 30.5. The first-order valence-corrected chi connectivity index (χ1v) is 10.0. The van der Waals surface area contributed by atoms with E-state index < -0.39 is 0 Å². The predicted octanol–water partition coefficient (Wildman–Crippen LogP) is 2.59. The van der Waals surface area contributed by atoms with Gasteiger partial charge in [-0.2, -0.15) is 9.97 Å². The van der Waals surface area contributed by atoms with Crippen LogP contribution in [0.25, 0.3) is 11.2 Å². The van der Waals surface area contributed by atoms with Crippen molar-refractivity contribution in [2.24, 2.45) is 5.92 Å². The lowest BCUT2D eigenvalue weighted by atomic mass is 9.97. The van der Waals surface area contributed by atoms with E-state index in [0.717, 1.165) is 42.6 Å². The number of carbonyl (C=O) groups is 1. The maximum atomic E-state index is 12.7. The van der Waals surface area contributed by atoms with Crippen molar-refractivity contribution in [3.63, 3.8) is 0 Å². The van der Waals surface area contributed by atoms with Crippen LogP contribution in [0.5, 0.6) is 5.75 Å². The molecule has 29 heavy (non-hydrogen) atoms. The molecule has 1 atom stereocenters. The number of nitrogens with one attached hydrogen (secondary N) is 2. The van der Waals surface area contributed by atoms with Crippen LogP contribution in [-0.4, -0.2) is 52.6 Å². The quantitative estimate of drug-likeness (QED) is 0.602. The molecular formula is C20H23ClN6O2. The lowest BCUT2D eigenvalue weighted by Gasteiger charge is -2.33. The molecule has 0 unspecified atom stereocenters. The number of nitrogens with zero attached hydrogens (tertiary/aromatic N) is 4. The Kier molecular flexibility index (Phi) is 5.80. The van der Waals surface area contributed by atoms with Gasteiger partial charge in [0, 0.05) is 19.6 Å². The second kappa shape index (κ2) is 8.65. The lowest BCUT2D eigenvalue weighted by molar-refractivity contribution is -0.125. The van der Waals surface area contributed by atoms with Gasteiger partial charge in [-0.25, -0.2) is 4.98 Å². The number of ether oxygens (including phenoxy) is 1. The molecule has 2 aromatic heterocycles. The van der Waals surface area contributed by atoms with Gasteiger partial charge in [0.05, 0.1) is 19.4 Å². The minimum Gasteiger partial charge on any atom is -0.497 e. The van der Waals surface area contributed by atoms with Crippen molar-refractivity contribution in [1.29, 1.82) is 0 Å². The zero-order valence-electron chi connectivity index (χ0n) is 16.2. The van der Waals surface area contributed by atoms with E-state index in [0.29, 0.717) is 24.6 Å². The number of carbonyl (C=O) groups excluding carboxylic acids is 1. The van der Waals surface area contributed by atoms with Crippen molar-refractivity contribution in [1.82, 2.24) is 25.3 Å². The summed E-state index contributed by atoms with van der Waals surface area (Å²) in [7, 11) is 1.65. The van der Waals surface area contributed by atoms with Crippen LogP contribution in [0.2, 0.25) is 5.28 Å². The normalized spacial score (nSPS) is 16.8. The Hall–Kier alpha value is -2.87. The predicted molar refractivity (Wildman–Crippen MR) is 111 cm³/mol. The average molecular weight is 415 g/mol. The highest BCUT2D eigenvalue weighted by Crippen LogP contribution is 2.27. The van der Waals surface area contributed by atoms with Gasteiger partial charge in [-0.05, 0) is 48.6 Å². The molecule has 0 aliphatic carbocycles. The van der Waals surface area contributed by atoms with Crippen LogP contribution in [0, 0.1) is 5.92 Å². The van der Waals surface area contributed by atoms with Crippen molar-refractivity contribution in [3.8, 4) is 5.75 Å². The Bertz CT molecular complexity index is 990. The largest absolute Gasteiger partial charge is 0.497 e. The first-order chi connectivity index (χ1) is 14.1. The summed E-state index contributed by atoms with van der Waals surface area (Å²) in [5, 5.41) is 3.23. The topological polar surface area (TPSA) is 96.0 Å². The van der Waals surface area contributed by atoms with Crippen LogP contribution in [-0.2, 0) is 11.2 Å². The third-order valence-corrected chi connectivity index (χ3v) is 5.37. The minimum absolute atomic E-state index is 0.0734. The van der Waals surface area contributed by atoms with E-state index in [1.165, 1.54) is 0 Å². The lowest BCUT2D eigenvalue weighted by Crippen LogP contribution is -2.44. The zero-order valence-corrected chi connectivity index (χ0v) is 16.9. The maximum absolute atomic E-state index is 12.7. The molecule has 1 aliphatic rings. The summed E-state index contributed by atoms with van der Waals surface area (Å²) < 4.78 is 5.17. The molecule has 2 N–H and O–H groups in total. The van der Waals surface area contributed by atoms with E-state index in [9.17, 15) is 4.79 Å². The van der Waals surface area contributed by atoms with Gasteiger partial charge < -0.3 is 19.9 Å². The number of anilines is 1. The van der Waals surface area contributed by atoms with Crippen molar-refractivity contribution in [3.05, 3.63) is 41.4 Å². The number of rotatable bonds is 6. The fourth-order valence-electron chi connectivity index (χ4n) is 3.67. The van der Waals surface area contributed by atoms with E-state index >= 15 is 0 Å². The van der Waals surface area contributed by atoms with Crippen molar-refractivity contribution < 1.29 is 9.53 Å². The zero-order chi connectivity index (χ0) is 20.2. The molecule has 4 rings (SSSR count). The van der Waals surface area contributed by atoms with E-state index in [-0.39, 0.29) is 17.1 Å². The van der Waals surface area contributed by atoms with Crippen LogP contribution >= 0.6 is 11.6 Å². The van der Waals surface area contributed by atoms with Crippen molar-refractivity contribution in [2.45, 2.75) is 19.3 Å².